The van der Waals surface area contributed by atoms with E-state index in [0.717, 1.165) is 71.8 Å². The van der Waals surface area contributed by atoms with Crippen LogP contribution in [0.15, 0.2) is 76.3 Å². The molecule has 194 valence electrons. The lowest BCUT2D eigenvalue weighted by Gasteiger charge is -2.40. The molecule has 0 radical (unpaired) electrons. The van der Waals surface area contributed by atoms with Crippen LogP contribution >= 0.6 is 23.4 Å². The lowest BCUT2D eigenvalue weighted by molar-refractivity contribution is -0.881. The number of quaternary nitrogens is 1. The lowest BCUT2D eigenvalue weighted by atomic mass is 9.72. The van der Waals surface area contributed by atoms with Crippen LogP contribution in [0.4, 0.5) is 0 Å². The highest BCUT2D eigenvalue weighted by molar-refractivity contribution is 7.99. The van der Waals surface area contributed by atoms with Crippen LogP contribution in [0.3, 0.4) is 0 Å². The van der Waals surface area contributed by atoms with Gasteiger partial charge in [0.1, 0.15) is 11.4 Å². The van der Waals surface area contributed by atoms with Crippen molar-refractivity contribution in [3.63, 3.8) is 0 Å². The Bertz CT molecular complexity index is 1030. The van der Waals surface area contributed by atoms with Crippen molar-refractivity contribution in [2.45, 2.75) is 55.4 Å². The van der Waals surface area contributed by atoms with Crippen molar-refractivity contribution in [2.75, 3.05) is 39.5 Å². The van der Waals surface area contributed by atoms with Gasteiger partial charge in [0.2, 0.25) is 5.90 Å². The van der Waals surface area contributed by atoms with Gasteiger partial charge in [-0.2, -0.15) is 0 Å². The summed E-state index contributed by atoms with van der Waals surface area (Å²) < 4.78 is 7.33. The monoisotopic (exact) mass is 527 g/mol. The highest BCUT2D eigenvalue weighted by Gasteiger charge is 2.44. The maximum Gasteiger partial charge on any atom is 0.245 e. The van der Waals surface area contributed by atoms with Gasteiger partial charge in [-0.05, 0) is 61.1 Å². The Morgan fingerprint density at radius 2 is 1.78 bits per heavy atom. The molecule has 4 nitrogen and oxygen atoms in total. The third-order valence-corrected chi connectivity index (χ3v) is 8.66. The molecule has 1 aliphatic heterocycles. The highest BCUT2D eigenvalue weighted by Crippen LogP contribution is 2.45. The van der Waals surface area contributed by atoms with Crippen LogP contribution in [0.1, 0.15) is 50.5 Å². The van der Waals surface area contributed by atoms with Crippen LogP contribution < -0.4 is 0 Å². The first-order valence-corrected chi connectivity index (χ1v) is 14.6. The smallest absolute Gasteiger partial charge is 0.245 e. The van der Waals surface area contributed by atoms with E-state index in [2.05, 4.69) is 32.3 Å². The molecule has 1 unspecified atom stereocenters. The topological polar surface area (TPSA) is 41.8 Å². The molecule has 1 saturated carbocycles. The molecule has 1 fully saturated rings. The van der Waals surface area contributed by atoms with Crippen molar-refractivity contribution >= 4 is 29.3 Å². The van der Waals surface area contributed by atoms with Gasteiger partial charge in [0, 0.05) is 28.6 Å². The van der Waals surface area contributed by atoms with Crippen molar-refractivity contribution in [2.24, 2.45) is 10.9 Å². The zero-order valence-corrected chi connectivity index (χ0v) is 23.2. The quantitative estimate of drug-likeness (QED) is 0.204. The number of rotatable bonds is 10. The molecule has 6 heteroatoms. The Labute approximate surface area is 226 Å². The molecule has 36 heavy (non-hydrogen) atoms. The van der Waals surface area contributed by atoms with Crippen LogP contribution in [-0.2, 0) is 10.3 Å². The minimum absolute atomic E-state index is 0.159. The predicted molar refractivity (Wildman–Crippen MR) is 152 cm³/mol. The summed E-state index contributed by atoms with van der Waals surface area (Å²) in [5.74, 6) is 2.62. The first-order valence-electron chi connectivity index (χ1n) is 13.3. The summed E-state index contributed by atoms with van der Waals surface area (Å²) in [5, 5.41) is 13.1. The van der Waals surface area contributed by atoms with Gasteiger partial charge in [0.05, 0.1) is 20.6 Å². The van der Waals surface area contributed by atoms with Crippen molar-refractivity contribution < 1.29 is 14.3 Å². The second-order valence-electron chi connectivity index (χ2n) is 10.7. The van der Waals surface area contributed by atoms with Gasteiger partial charge in [-0.15, -0.1) is 11.8 Å². The Balaban J connectivity index is 1.41. The standard InChI is InChI=1S/C30H40ClN2O2S/c1-33(2,21-10-22-36-27-18-16-26(31)17-19-27)23-29-32-20-9-15-28(35-29)30(34,24-11-5-3-6-12-24)25-13-7-4-8-14-25/h3,5-6,11-12,15-19,25,34H,4,7-10,13-14,20-23H2,1-2H3/q+1. The largest absolute Gasteiger partial charge is 0.439 e. The summed E-state index contributed by atoms with van der Waals surface area (Å²) in [6, 6.07) is 18.2. The third-order valence-electron chi connectivity index (χ3n) is 7.31. The molecule has 0 saturated heterocycles. The molecule has 2 aromatic carbocycles. The number of nitrogens with zero attached hydrogens (tertiary/aromatic N) is 2. The van der Waals surface area contributed by atoms with E-state index in [-0.39, 0.29) is 5.92 Å². The Kier molecular flexibility index (Phi) is 9.57. The van der Waals surface area contributed by atoms with Crippen LogP contribution in [0.5, 0.6) is 0 Å². The first-order chi connectivity index (χ1) is 17.4. The van der Waals surface area contributed by atoms with E-state index >= 15 is 0 Å². The second-order valence-corrected chi connectivity index (χ2v) is 12.3. The van der Waals surface area contributed by atoms with Gasteiger partial charge >= 0.3 is 0 Å². The molecule has 0 bridgehead atoms. The van der Waals surface area contributed by atoms with E-state index in [1.807, 2.05) is 54.2 Å². The minimum Gasteiger partial charge on any atom is -0.439 e. The van der Waals surface area contributed by atoms with Crippen LogP contribution in [0, 0.1) is 5.92 Å². The third kappa shape index (κ3) is 7.16. The number of thioether (sulfide) groups is 1. The van der Waals surface area contributed by atoms with Crippen molar-refractivity contribution in [3.05, 3.63) is 77.0 Å². The number of ether oxygens (including phenoxy) is 1. The number of aliphatic hydroxyl groups is 1. The van der Waals surface area contributed by atoms with E-state index in [1.54, 1.807) is 0 Å². The van der Waals surface area contributed by atoms with E-state index in [1.165, 1.54) is 11.3 Å². The van der Waals surface area contributed by atoms with Crippen molar-refractivity contribution in [3.8, 4) is 0 Å². The normalized spacial score (nSPS) is 19.0. The Morgan fingerprint density at radius 1 is 1.06 bits per heavy atom. The fourth-order valence-corrected chi connectivity index (χ4v) is 6.32. The average molecular weight is 528 g/mol. The van der Waals surface area contributed by atoms with Gasteiger partial charge in [-0.1, -0.05) is 61.2 Å². The molecule has 0 aromatic heterocycles. The highest BCUT2D eigenvalue weighted by atomic mass is 35.5. The summed E-state index contributed by atoms with van der Waals surface area (Å²) in [4.78, 5) is 6.04. The number of hydrogen-bond acceptors (Lipinski definition) is 4. The molecule has 0 spiro atoms. The molecule has 2 aromatic rings. The minimum atomic E-state index is -1.11. The Hall–Kier alpha value is -1.79. The molecule has 1 N–H and O–H groups in total. The molecule has 1 aliphatic carbocycles. The summed E-state index contributed by atoms with van der Waals surface area (Å²) >= 11 is 7.86. The number of aliphatic imine (C=N–C) groups is 1. The maximum absolute atomic E-state index is 12.3. The molecular weight excluding hydrogens is 488 g/mol. The summed E-state index contributed by atoms with van der Waals surface area (Å²) in [5.41, 5.74) is -0.184. The summed E-state index contributed by atoms with van der Waals surface area (Å²) in [6.45, 7) is 2.42. The molecule has 4 rings (SSSR count). The lowest BCUT2D eigenvalue weighted by Crippen LogP contribution is -2.46. The SMILES string of the molecule is C[N+](C)(CCCSc1ccc(Cl)cc1)CC1=NCCC=C(C(O)(c2ccccc2)C2CCCCC2)O1. The fraction of sp³-hybridized carbons (Fsp3) is 0.500. The van der Waals surface area contributed by atoms with Crippen LogP contribution in [0.25, 0.3) is 0 Å². The van der Waals surface area contributed by atoms with Gasteiger partial charge in [0.15, 0.2) is 6.54 Å². The summed E-state index contributed by atoms with van der Waals surface area (Å²) in [6.07, 6.45) is 9.56. The maximum atomic E-state index is 12.3. The molecule has 1 atom stereocenters. The van der Waals surface area contributed by atoms with Gasteiger partial charge < -0.3 is 14.3 Å². The number of likely N-dealkylation sites (N-methyl/N-ethyl adjacent to an activating group) is 1. The van der Waals surface area contributed by atoms with Gasteiger partial charge in [-0.25, -0.2) is 4.99 Å². The van der Waals surface area contributed by atoms with Crippen molar-refractivity contribution in [1.29, 1.82) is 0 Å². The number of benzene rings is 2. The molecular formula is C30H40ClN2O2S+. The second kappa shape index (κ2) is 12.6. The van der Waals surface area contributed by atoms with Crippen molar-refractivity contribution in [1.82, 2.24) is 0 Å². The first kappa shape index (κ1) is 27.3. The van der Waals surface area contributed by atoms with E-state index in [9.17, 15) is 5.11 Å². The predicted octanol–water partition coefficient (Wildman–Crippen LogP) is 7.07. The summed E-state index contributed by atoms with van der Waals surface area (Å²) in [7, 11) is 4.47. The van der Waals surface area contributed by atoms with Crippen LogP contribution in [0.2, 0.25) is 5.02 Å². The van der Waals surface area contributed by atoms with E-state index in [4.69, 9.17) is 21.3 Å². The van der Waals surface area contributed by atoms with Crippen LogP contribution in [-0.4, -0.2) is 55.0 Å². The zero-order chi connectivity index (χ0) is 25.4. The number of halogens is 1. The zero-order valence-electron chi connectivity index (χ0n) is 21.7. The average Bonchev–Trinajstić information content (AvgIpc) is 3.13. The van der Waals surface area contributed by atoms with E-state index in [0.29, 0.717) is 18.8 Å². The molecule has 2 aliphatic rings. The molecule has 1 heterocycles. The van der Waals surface area contributed by atoms with E-state index < -0.39 is 5.60 Å². The number of hydrogen-bond donors (Lipinski definition) is 1. The van der Waals surface area contributed by atoms with Gasteiger partial charge in [0.25, 0.3) is 0 Å². The fourth-order valence-electron chi connectivity index (χ4n) is 5.35. The molecule has 0 amide bonds. The Morgan fingerprint density at radius 3 is 2.50 bits per heavy atom. The van der Waals surface area contributed by atoms with Gasteiger partial charge in [-0.3, -0.25) is 0 Å².